The molecule has 4 heteroatoms. The van der Waals surface area contributed by atoms with E-state index in [1.54, 1.807) is 12.4 Å². The topological polar surface area (TPSA) is 54.7 Å². The van der Waals surface area contributed by atoms with Gasteiger partial charge in [-0.05, 0) is 24.3 Å². The molecule has 0 aliphatic carbocycles. The molecule has 0 spiro atoms. The molecule has 0 saturated carbocycles. The van der Waals surface area contributed by atoms with Gasteiger partial charge >= 0.3 is 0 Å². The average Bonchev–Trinajstić information content (AvgIpc) is 3.19. The first kappa shape index (κ1) is 14.7. The first-order valence-electron chi connectivity index (χ1n) is 8.02. The minimum Gasteiger partial charge on any atom is -0.454 e. The predicted molar refractivity (Wildman–Crippen MR) is 95.7 cm³/mol. The molecule has 0 fully saturated rings. The molecule has 4 rings (SSSR count). The molecule has 0 aliphatic rings. The fraction of sp³-hybridized carbons (Fsp3) is 0.200. The van der Waals surface area contributed by atoms with E-state index in [0.717, 1.165) is 39.5 Å². The smallest absolute Gasteiger partial charge is 0.156 e. The van der Waals surface area contributed by atoms with Gasteiger partial charge in [0.25, 0.3) is 0 Å². The fourth-order valence-electron chi connectivity index (χ4n) is 2.73. The van der Waals surface area contributed by atoms with Crippen LogP contribution in [0.15, 0.2) is 59.3 Å². The summed E-state index contributed by atoms with van der Waals surface area (Å²) in [5, 5.41) is 1.08. The zero-order valence-electron chi connectivity index (χ0n) is 14.0. The van der Waals surface area contributed by atoms with Gasteiger partial charge in [0.05, 0.1) is 5.69 Å². The van der Waals surface area contributed by atoms with E-state index in [2.05, 4.69) is 30.7 Å². The third-order valence-electron chi connectivity index (χ3n) is 4.04. The van der Waals surface area contributed by atoms with Crippen LogP contribution in [0.4, 0.5) is 0 Å². The van der Waals surface area contributed by atoms with E-state index in [-0.39, 0.29) is 5.41 Å². The average molecular weight is 317 g/mol. The molecule has 3 aromatic heterocycles. The maximum Gasteiger partial charge on any atom is 0.156 e. The van der Waals surface area contributed by atoms with Crippen molar-refractivity contribution in [2.45, 2.75) is 26.2 Å². The Hall–Kier alpha value is -2.88. The van der Waals surface area contributed by atoms with Crippen molar-refractivity contribution in [1.82, 2.24) is 15.0 Å². The van der Waals surface area contributed by atoms with Gasteiger partial charge in [0.1, 0.15) is 17.1 Å². The Morgan fingerprint density at radius 2 is 1.75 bits per heavy atom. The largest absolute Gasteiger partial charge is 0.454 e. The Morgan fingerprint density at radius 3 is 2.46 bits per heavy atom. The number of rotatable bonds is 2. The van der Waals surface area contributed by atoms with E-state index in [1.165, 1.54) is 0 Å². The molecule has 4 nitrogen and oxygen atoms in total. The zero-order valence-corrected chi connectivity index (χ0v) is 14.0. The number of aromatic nitrogens is 3. The van der Waals surface area contributed by atoms with E-state index in [9.17, 15) is 0 Å². The van der Waals surface area contributed by atoms with Crippen molar-refractivity contribution in [2.24, 2.45) is 0 Å². The lowest BCUT2D eigenvalue weighted by molar-refractivity contribution is 0.552. The Bertz CT molecular complexity index is 958. The van der Waals surface area contributed by atoms with Crippen molar-refractivity contribution in [2.75, 3.05) is 0 Å². The number of imidazole rings is 1. The van der Waals surface area contributed by atoms with Gasteiger partial charge in [-0.25, -0.2) is 4.98 Å². The van der Waals surface area contributed by atoms with Gasteiger partial charge in [-0.1, -0.05) is 39.0 Å². The SMILES string of the molecule is CC(C)(C)c1nc(-c2cc3ccccc3o2)c(-c2ccncc2)[nH]1. The quantitative estimate of drug-likeness (QED) is 0.554. The number of H-pyrrole nitrogens is 1. The summed E-state index contributed by atoms with van der Waals surface area (Å²) < 4.78 is 6.04. The van der Waals surface area contributed by atoms with E-state index >= 15 is 0 Å². The molecule has 4 aromatic rings. The molecule has 0 aliphatic heterocycles. The van der Waals surface area contributed by atoms with Crippen LogP contribution >= 0.6 is 0 Å². The summed E-state index contributed by atoms with van der Waals surface area (Å²) in [5.74, 6) is 1.71. The number of fused-ring (bicyclic) bond motifs is 1. The lowest BCUT2D eigenvalue weighted by atomic mass is 9.96. The van der Waals surface area contributed by atoms with Crippen LogP contribution in [0.5, 0.6) is 0 Å². The van der Waals surface area contributed by atoms with Crippen LogP contribution in [0.1, 0.15) is 26.6 Å². The molecule has 0 atom stereocenters. The number of hydrogen-bond acceptors (Lipinski definition) is 3. The van der Waals surface area contributed by atoms with Gasteiger partial charge in [0.15, 0.2) is 5.76 Å². The van der Waals surface area contributed by atoms with Crippen molar-refractivity contribution < 1.29 is 4.42 Å². The van der Waals surface area contributed by atoms with Crippen LogP contribution in [0.2, 0.25) is 0 Å². The molecular formula is C20H19N3O. The van der Waals surface area contributed by atoms with Crippen molar-refractivity contribution in [3.05, 3.63) is 60.7 Å². The van der Waals surface area contributed by atoms with Crippen LogP contribution in [-0.4, -0.2) is 15.0 Å². The number of nitrogens with zero attached hydrogens (tertiary/aromatic N) is 2. The number of aromatic amines is 1. The van der Waals surface area contributed by atoms with Gasteiger partial charge in [0, 0.05) is 28.8 Å². The van der Waals surface area contributed by atoms with Crippen molar-refractivity contribution in [3.8, 4) is 22.7 Å². The van der Waals surface area contributed by atoms with E-state index in [0.29, 0.717) is 0 Å². The molecule has 0 amide bonds. The van der Waals surface area contributed by atoms with Gasteiger partial charge in [-0.2, -0.15) is 0 Å². The second-order valence-corrected chi connectivity index (χ2v) is 6.94. The number of benzene rings is 1. The fourth-order valence-corrected chi connectivity index (χ4v) is 2.73. The highest BCUT2D eigenvalue weighted by Gasteiger charge is 2.24. The summed E-state index contributed by atoms with van der Waals surface area (Å²) in [7, 11) is 0. The number of hydrogen-bond donors (Lipinski definition) is 1. The maximum absolute atomic E-state index is 6.04. The molecule has 1 aromatic carbocycles. The summed E-state index contributed by atoms with van der Waals surface area (Å²) in [4.78, 5) is 12.4. The third kappa shape index (κ3) is 2.50. The van der Waals surface area contributed by atoms with Crippen LogP contribution in [0.25, 0.3) is 33.7 Å². The highest BCUT2D eigenvalue weighted by Crippen LogP contribution is 2.35. The van der Waals surface area contributed by atoms with Crippen LogP contribution < -0.4 is 0 Å². The number of para-hydroxylation sites is 1. The molecule has 0 unspecified atom stereocenters. The van der Waals surface area contributed by atoms with Gasteiger partial charge < -0.3 is 9.40 Å². The molecule has 0 saturated heterocycles. The molecule has 3 heterocycles. The summed E-state index contributed by atoms with van der Waals surface area (Å²) in [6.45, 7) is 6.43. The summed E-state index contributed by atoms with van der Waals surface area (Å²) in [5.41, 5.74) is 3.63. The Balaban J connectivity index is 1.94. The van der Waals surface area contributed by atoms with Gasteiger partial charge in [0.2, 0.25) is 0 Å². The standard InChI is InChI=1S/C20H19N3O/c1-20(2,3)19-22-17(13-8-10-21-11-9-13)18(23-19)16-12-14-6-4-5-7-15(14)24-16/h4-12H,1-3H3,(H,22,23). The molecule has 120 valence electrons. The number of furan rings is 1. The normalized spacial score (nSPS) is 12.0. The van der Waals surface area contributed by atoms with E-state index in [4.69, 9.17) is 9.40 Å². The monoisotopic (exact) mass is 317 g/mol. The summed E-state index contributed by atoms with van der Waals surface area (Å²) in [6.07, 6.45) is 3.57. The minimum atomic E-state index is -0.0773. The second-order valence-electron chi connectivity index (χ2n) is 6.94. The molecule has 0 radical (unpaired) electrons. The maximum atomic E-state index is 6.04. The Labute approximate surface area is 140 Å². The number of pyridine rings is 1. The van der Waals surface area contributed by atoms with E-state index in [1.807, 2.05) is 42.5 Å². The zero-order chi connectivity index (χ0) is 16.7. The summed E-state index contributed by atoms with van der Waals surface area (Å²) >= 11 is 0. The van der Waals surface area contributed by atoms with Gasteiger partial charge in [-0.15, -0.1) is 0 Å². The third-order valence-corrected chi connectivity index (χ3v) is 4.04. The summed E-state index contributed by atoms with van der Waals surface area (Å²) in [6, 6.07) is 14.0. The number of nitrogens with one attached hydrogen (secondary N) is 1. The van der Waals surface area contributed by atoms with E-state index < -0.39 is 0 Å². The first-order chi connectivity index (χ1) is 11.5. The van der Waals surface area contributed by atoms with Gasteiger partial charge in [-0.3, -0.25) is 4.98 Å². The molecular weight excluding hydrogens is 298 g/mol. The Morgan fingerprint density at radius 1 is 1.00 bits per heavy atom. The van der Waals surface area contributed by atoms with Crippen molar-refractivity contribution in [3.63, 3.8) is 0 Å². The highest BCUT2D eigenvalue weighted by molar-refractivity contribution is 5.85. The highest BCUT2D eigenvalue weighted by atomic mass is 16.3. The van der Waals surface area contributed by atoms with Crippen LogP contribution in [0, 0.1) is 0 Å². The van der Waals surface area contributed by atoms with Crippen LogP contribution in [0.3, 0.4) is 0 Å². The van der Waals surface area contributed by atoms with Crippen molar-refractivity contribution >= 4 is 11.0 Å². The lowest BCUT2D eigenvalue weighted by Crippen LogP contribution is -2.13. The molecule has 0 bridgehead atoms. The van der Waals surface area contributed by atoms with Crippen LogP contribution in [-0.2, 0) is 5.41 Å². The lowest BCUT2D eigenvalue weighted by Gasteiger charge is -2.14. The molecule has 24 heavy (non-hydrogen) atoms. The first-order valence-corrected chi connectivity index (χ1v) is 8.02. The predicted octanol–water partition coefficient (Wildman–Crippen LogP) is 5.18. The second kappa shape index (κ2) is 5.34. The van der Waals surface area contributed by atoms with Crippen molar-refractivity contribution in [1.29, 1.82) is 0 Å². The molecule has 1 N–H and O–H groups in total. The minimum absolute atomic E-state index is 0.0773. The Kier molecular flexibility index (Phi) is 3.27.